The molecule has 3 rings (SSSR count). The van der Waals surface area contributed by atoms with Crippen LogP contribution in [0.25, 0.3) is 5.69 Å². The van der Waals surface area contributed by atoms with Gasteiger partial charge < -0.3 is 5.32 Å². The fraction of sp³-hybridized carbons (Fsp3) is 0. The zero-order chi connectivity index (χ0) is 14.7. The molecule has 0 bridgehead atoms. The van der Waals surface area contributed by atoms with Gasteiger partial charge in [0, 0.05) is 22.3 Å². The van der Waals surface area contributed by atoms with Crippen LogP contribution in [0.1, 0.15) is 10.4 Å². The maximum absolute atomic E-state index is 12.1. The van der Waals surface area contributed by atoms with Crippen LogP contribution in [0.2, 0.25) is 0 Å². The van der Waals surface area contributed by atoms with Crippen LogP contribution < -0.4 is 5.32 Å². The summed E-state index contributed by atoms with van der Waals surface area (Å²) in [7, 11) is 0. The Kier molecular flexibility index (Phi) is 3.83. The van der Waals surface area contributed by atoms with Gasteiger partial charge in [0.15, 0.2) is 5.82 Å². The molecule has 21 heavy (non-hydrogen) atoms. The Morgan fingerprint density at radius 1 is 1.05 bits per heavy atom. The molecule has 5 heteroatoms. The summed E-state index contributed by atoms with van der Waals surface area (Å²) in [5.74, 6) is 0.332. The Hall–Kier alpha value is -2.40. The zero-order valence-corrected chi connectivity index (χ0v) is 12.6. The average molecular weight is 342 g/mol. The molecule has 104 valence electrons. The molecule has 0 saturated carbocycles. The van der Waals surface area contributed by atoms with E-state index >= 15 is 0 Å². The van der Waals surface area contributed by atoms with E-state index in [0.717, 1.165) is 10.2 Å². The zero-order valence-electron chi connectivity index (χ0n) is 11.0. The molecule has 2 aromatic carbocycles. The van der Waals surface area contributed by atoms with Crippen LogP contribution in [0.5, 0.6) is 0 Å². The van der Waals surface area contributed by atoms with Crippen molar-refractivity contribution < 1.29 is 4.79 Å². The van der Waals surface area contributed by atoms with Gasteiger partial charge in [-0.25, -0.2) is 4.68 Å². The van der Waals surface area contributed by atoms with Crippen molar-refractivity contribution in [2.75, 3.05) is 5.32 Å². The first-order valence-corrected chi connectivity index (χ1v) is 7.20. The number of halogens is 1. The summed E-state index contributed by atoms with van der Waals surface area (Å²) in [5.41, 5.74) is 1.53. The molecule has 0 unspecified atom stereocenters. The van der Waals surface area contributed by atoms with Crippen molar-refractivity contribution in [3.8, 4) is 5.69 Å². The normalized spacial score (nSPS) is 10.3. The Bertz CT molecular complexity index is 768. The number of nitrogens with one attached hydrogen (secondary N) is 1. The van der Waals surface area contributed by atoms with Gasteiger partial charge in [-0.3, -0.25) is 4.79 Å². The number of para-hydroxylation sites is 1. The van der Waals surface area contributed by atoms with Crippen molar-refractivity contribution in [1.82, 2.24) is 9.78 Å². The summed E-state index contributed by atoms with van der Waals surface area (Å²) in [5, 5.41) is 7.13. The van der Waals surface area contributed by atoms with Gasteiger partial charge in [-0.1, -0.05) is 40.2 Å². The van der Waals surface area contributed by atoms with Gasteiger partial charge in [0.2, 0.25) is 0 Å². The Balaban J connectivity index is 1.77. The standard InChI is InChI=1S/C16H12BrN3O/c17-13-6-4-5-12(11-13)16(21)18-15-9-10-20(19-15)14-7-2-1-3-8-14/h1-11H,(H,18,19,21). The van der Waals surface area contributed by atoms with E-state index in [0.29, 0.717) is 11.4 Å². The lowest BCUT2D eigenvalue weighted by Gasteiger charge is -2.03. The van der Waals surface area contributed by atoms with Gasteiger partial charge in [0.25, 0.3) is 5.91 Å². The van der Waals surface area contributed by atoms with Crippen LogP contribution in [-0.2, 0) is 0 Å². The summed E-state index contributed by atoms with van der Waals surface area (Å²) in [6.45, 7) is 0. The van der Waals surface area contributed by atoms with E-state index < -0.39 is 0 Å². The van der Waals surface area contributed by atoms with Crippen LogP contribution in [-0.4, -0.2) is 15.7 Å². The number of carbonyl (C=O) groups excluding carboxylic acids is 1. The minimum absolute atomic E-state index is 0.186. The molecule has 3 aromatic rings. The highest BCUT2D eigenvalue weighted by Gasteiger charge is 2.08. The summed E-state index contributed by atoms with van der Waals surface area (Å²) >= 11 is 3.35. The van der Waals surface area contributed by atoms with E-state index in [1.54, 1.807) is 22.9 Å². The molecule has 1 heterocycles. The molecule has 0 atom stereocenters. The highest BCUT2D eigenvalue weighted by atomic mass is 79.9. The number of aromatic nitrogens is 2. The molecule has 0 radical (unpaired) electrons. The first-order valence-electron chi connectivity index (χ1n) is 6.40. The molecule has 1 N–H and O–H groups in total. The first-order chi connectivity index (χ1) is 10.2. The SMILES string of the molecule is O=C(Nc1ccn(-c2ccccc2)n1)c1cccc(Br)c1. The highest BCUT2D eigenvalue weighted by Crippen LogP contribution is 2.14. The molecule has 0 spiro atoms. The Morgan fingerprint density at radius 3 is 2.62 bits per heavy atom. The fourth-order valence-electron chi connectivity index (χ4n) is 1.93. The van der Waals surface area contributed by atoms with E-state index in [2.05, 4.69) is 26.3 Å². The van der Waals surface area contributed by atoms with Gasteiger partial charge in [-0.05, 0) is 30.3 Å². The average Bonchev–Trinajstić information content (AvgIpc) is 2.97. The predicted octanol–water partition coefficient (Wildman–Crippen LogP) is 3.89. The van der Waals surface area contributed by atoms with Crippen LogP contribution in [0, 0.1) is 0 Å². The molecule has 4 nitrogen and oxygen atoms in total. The monoisotopic (exact) mass is 341 g/mol. The molecule has 0 saturated heterocycles. The van der Waals surface area contributed by atoms with Gasteiger partial charge in [0.1, 0.15) is 0 Å². The van der Waals surface area contributed by atoms with Crippen LogP contribution in [0.3, 0.4) is 0 Å². The molecule has 0 aliphatic rings. The van der Waals surface area contributed by atoms with Crippen LogP contribution in [0.4, 0.5) is 5.82 Å². The molecule has 0 aliphatic carbocycles. The minimum atomic E-state index is -0.186. The minimum Gasteiger partial charge on any atom is -0.305 e. The van der Waals surface area contributed by atoms with Crippen LogP contribution >= 0.6 is 15.9 Å². The topological polar surface area (TPSA) is 46.9 Å². The molecular formula is C16H12BrN3O. The van der Waals surface area contributed by atoms with Crippen molar-refractivity contribution in [3.05, 3.63) is 76.9 Å². The molecule has 0 fully saturated rings. The Morgan fingerprint density at radius 2 is 1.86 bits per heavy atom. The van der Waals surface area contributed by atoms with Gasteiger partial charge in [0.05, 0.1) is 5.69 Å². The number of nitrogens with zero attached hydrogens (tertiary/aromatic N) is 2. The number of amides is 1. The quantitative estimate of drug-likeness (QED) is 0.785. The number of carbonyl (C=O) groups is 1. The van der Waals surface area contributed by atoms with E-state index in [4.69, 9.17) is 0 Å². The van der Waals surface area contributed by atoms with Crippen molar-refractivity contribution in [2.45, 2.75) is 0 Å². The van der Waals surface area contributed by atoms with Gasteiger partial charge in [-0.15, -0.1) is 0 Å². The van der Waals surface area contributed by atoms with Crippen molar-refractivity contribution >= 4 is 27.7 Å². The second kappa shape index (κ2) is 5.93. The predicted molar refractivity (Wildman–Crippen MR) is 85.7 cm³/mol. The summed E-state index contributed by atoms with van der Waals surface area (Å²) < 4.78 is 2.58. The summed E-state index contributed by atoms with van der Waals surface area (Å²) in [6.07, 6.45) is 1.81. The van der Waals surface area contributed by atoms with E-state index in [9.17, 15) is 4.79 Å². The van der Waals surface area contributed by atoms with Crippen molar-refractivity contribution in [1.29, 1.82) is 0 Å². The van der Waals surface area contributed by atoms with Crippen LogP contribution in [0.15, 0.2) is 71.3 Å². The molecular weight excluding hydrogens is 330 g/mol. The number of anilines is 1. The summed E-state index contributed by atoms with van der Waals surface area (Å²) in [6, 6.07) is 18.7. The van der Waals surface area contributed by atoms with Gasteiger partial charge in [-0.2, -0.15) is 5.10 Å². The second-order valence-electron chi connectivity index (χ2n) is 4.45. The fourth-order valence-corrected chi connectivity index (χ4v) is 2.33. The van der Waals surface area contributed by atoms with Gasteiger partial charge >= 0.3 is 0 Å². The largest absolute Gasteiger partial charge is 0.305 e. The maximum Gasteiger partial charge on any atom is 0.256 e. The van der Waals surface area contributed by atoms with E-state index in [-0.39, 0.29) is 5.91 Å². The van der Waals surface area contributed by atoms with Crippen molar-refractivity contribution in [2.24, 2.45) is 0 Å². The third-order valence-electron chi connectivity index (χ3n) is 2.94. The molecule has 1 aromatic heterocycles. The van der Waals surface area contributed by atoms with E-state index in [1.807, 2.05) is 48.7 Å². The Labute approximate surface area is 130 Å². The van der Waals surface area contributed by atoms with Crippen molar-refractivity contribution in [3.63, 3.8) is 0 Å². The number of hydrogen-bond acceptors (Lipinski definition) is 2. The third kappa shape index (κ3) is 3.20. The number of hydrogen-bond donors (Lipinski definition) is 1. The van der Waals surface area contributed by atoms with E-state index in [1.165, 1.54) is 0 Å². The number of benzene rings is 2. The maximum atomic E-state index is 12.1. The second-order valence-corrected chi connectivity index (χ2v) is 5.36. The summed E-state index contributed by atoms with van der Waals surface area (Å²) in [4.78, 5) is 12.1. The molecule has 0 aliphatic heterocycles. The smallest absolute Gasteiger partial charge is 0.256 e. The number of rotatable bonds is 3. The molecule has 1 amide bonds. The lowest BCUT2D eigenvalue weighted by Crippen LogP contribution is -2.12. The lowest BCUT2D eigenvalue weighted by molar-refractivity contribution is 0.102. The first kappa shape index (κ1) is 13.6. The highest BCUT2D eigenvalue weighted by molar-refractivity contribution is 9.10. The third-order valence-corrected chi connectivity index (χ3v) is 3.43. The lowest BCUT2D eigenvalue weighted by atomic mass is 10.2.